The molecule has 0 bridgehead atoms. The van der Waals surface area contributed by atoms with Gasteiger partial charge in [-0.15, -0.1) is 0 Å². The molecular formula is C43H30N2. The van der Waals surface area contributed by atoms with Crippen LogP contribution in [0.2, 0.25) is 0 Å². The third-order valence-corrected chi connectivity index (χ3v) is 9.25. The predicted molar refractivity (Wildman–Crippen MR) is 191 cm³/mol. The number of benzene rings is 7. The molecule has 45 heavy (non-hydrogen) atoms. The Bertz CT molecular complexity index is 2470. The monoisotopic (exact) mass is 574 g/mol. The molecule has 2 heteroatoms. The number of aromatic nitrogens is 2. The lowest BCUT2D eigenvalue weighted by atomic mass is 9.98. The SMILES string of the molecule is Cc1ccccc1-n1ccc2ccc3c(ccc4c3c3ccccc3n4-c3cc(-c4ccccc4)cc(-c4ccccc4)c3)c21. The van der Waals surface area contributed by atoms with Crippen LogP contribution in [0.25, 0.3) is 77.1 Å². The zero-order chi connectivity index (χ0) is 29.9. The smallest absolute Gasteiger partial charge is 0.0607 e. The Balaban J connectivity index is 1.36. The van der Waals surface area contributed by atoms with Crippen molar-refractivity contribution >= 4 is 43.5 Å². The van der Waals surface area contributed by atoms with Crippen LogP contribution in [0.1, 0.15) is 5.56 Å². The highest BCUT2D eigenvalue weighted by Crippen LogP contribution is 2.41. The number of rotatable bonds is 4. The normalized spacial score (nSPS) is 11.7. The fourth-order valence-electron chi connectivity index (χ4n) is 7.15. The molecule has 0 N–H and O–H groups in total. The fraction of sp³-hybridized carbons (Fsp3) is 0.0233. The minimum Gasteiger partial charge on any atom is -0.316 e. The number of fused-ring (bicyclic) bond motifs is 7. The van der Waals surface area contributed by atoms with E-state index in [0.29, 0.717) is 0 Å². The molecule has 2 aromatic heterocycles. The van der Waals surface area contributed by atoms with E-state index >= 15 is 0 Å². The van der Waals surface area contributed by atoms with E-state index in [0.717, 1.165) is 5.69 Å². The number of para-hydroxylation sites is 2. The van der Waals surface area contributed by atoms with Gasteiger partial charge in [-0.05, 0) is 82.6 Å². The lowest BCUT2D eigenvalue weighted by Crippen LogP contribution is -1.97. The molecule has 0 radical (unpaired) electrons. The summed E-state index contributed by atoms with van der Waals surface area (Å²) in [6.07, 6.45) is 2.21. The van der Waals surface area contributed by atoms with Crippen LogP contribution in [0.3, 0.4) is 0 Å². The molecular weight excluding hydrogens is 544 g/mol. The predicted octanol–water partition coefficient (Wildman–Crippen LogP) is 11.5. The first-order valence-corrected chi connectivity index (χ1v) is 15.5. The maximum Gasteiger partial charge on any atom is 0.0607 e. The first kappa shape index (κ1) is 25.6. The van der Waals surface area contributed by atoms with Gasteiger partial charge in [0.2, 0.25) is 0 Å². The first-order valence-electron chi connectivity index (χ1n) is 15.5. The van der Waals surface area contributed by atoms with E-state index in [-0.39, 0.29) is 0 Å². The summed E-state index contributed by atoms with van der Waals surface area (Å²) < 4.78 is 4.81. The van der Waals surface area contributed by atoms with Crippen LogP contribution in [0.5, 0.6) is 0 Å². The highest BCUT2D eigenvalue weighted by atomic mass is 15.0. The molecule has 2 nitrogen and oxygen atoms in total. The van der Waals surface area contributed by atoms with Gasteiger partial charge in [0.25, 0.3) is 0 Å². The van der Waals surface area contributed by atoms with Crippen LogP contribution in [-0.2, 0) is 0 Å². The molecule has 9 aromatic rings. The van der Waals surface area contributed by atoms with Crippen molar-refractivity contribution in [3.05, 3.63) is 169 Å². The quantitative estimate of drug-likeness (QED) is 0.198. The Morgan fingerprint density at radius 3 is 1.82 bits per heavy atom. The largest absolute Gasteiger partial charge is 0.316 e. The molecule has 7 aromatic carbocycles. The topological polar surface area (TPSA) is 9.86 Å². The van der Waals surface area contributed by atoms with Crippen LogP contribution < -0.4 is 0 Å². The highest BCUT2D eigenvalue weighted by Gasteiger charge is 2.18. The summed E-state index contributed by atoms with van der Waals surface area (Å²) in [4.78, 5) is 0. The van der Waals surface area contributed by atoms with Crippen LogP contribution in [0.15, 0.2) is 164 Å². The van der Waals surface area contributed by atoms with E-state index in [1.54, 1.807) is 0 Å². The molecule has 9 rings (SSSR count). The molecule has 0 saturated heterocycles. The van der Waals surface area contributed by atoms with Crippen LogP contribution in [-0.4, -0.2) is 9.13 Å². The summed E-state index contributed by atoms with van der Waals surface area (Å²) in [6, 6.07) is 57.3. The van der Waals surface area contributed by atoms with Crippen molar-refractivity contribution in [2.45, 2.75) is 6.92 Å². The summed E-state index contributed by atoms with van der Waals surface area (Å²) in [7, 11) is 0. The van der Waals surface area contributed by atoms with E-state index in [2.05, 4.69) is 180 Å². The van der Waals surface area contributed by atoms with Gasteiger partial charge >= 0.3 is 0 Å². The third kappa shape index (κ3) is 4.03. The maximum absolute atomic E-state index is 2.45. The molecule has 0 aliphatic carbocycles. The van der Waals surface area contributed by atoms with E-state index < -0.39 is 0 Å². The van der Waals surface area contributed by atoms with Gasteiger partial charge in [-0.25, -0.2) is 0 Å². The fourth-order valence-corrected chi connectivity index (χ4v) is 7.15. The summed E-state index contributed by atoms with van der Waals surface area (Å²) >= 11 is 0. The molecule has 0 fully saturated rings. The number of aryl methyl sites for hydroxylation is 1. The molecule has 0 spiro atoms. The van der Waals surface area contributed by atoms with Crippen LogP contribution >= 0.6 is 0 Å². The van der Waals surface area contributed by atoms with Crippen LogP contribution in [0.4, 0.5) is 0 Å². The molecule has 0 unspecified atom stereocenters. The third-order valence-electron chi connectivity index (χ3n) is 9.25. The summed E-state index contributed by atoms with van der Waals surface area (Å²) in [5, 5.41) is 6.33. The van der Waals surface area contributed by atoms with E-state index in [4.69, 9.17) is 0 Å². The summed E-state index contributed by atoms with van der Waals surface area (Å²) in [6.45, 7) is 2.19. The Morgan fingerprint density at radius 2 is 1.09 bits per heavy atom. The second-order valence-corrected chi connectivity index (χ2v) is 11.9. The van der Waals surface area contributed by atoms with E-state index in [1.807, 2.05) is 0 Å². The van der Waals surface area contributed by atoms with Gasteiger partial charge < -0.3 is 9.13 Å². The van der Waals surface area contributed by atoms with Crippen molar-refractivity contribution < 1.29 is 0 Å². The van der Waals surface area contributed by atoms with Gasteiger partial charge in [0.05, 0.1) is 16.6 Å². The zero-order valence-electron chi connectivity index (χ0n) is 25.0. The van der Waals surface area contributed by atoms with Crippen molar-refractivity contribution in [3.63, 3.8) is 0 Å². The van der Waals surface area contributed by atoms with Crippen molar-refractivity contribution in [2.24, 2.45) is 0 Å². The maximum atomic E-state index is 2.45. The number of hydrogen-bond acceptors (Lipinski definition) is 0. The molecule has 0 atom stereocenters. The number of hydrogen-bond donors (Lipinski definition) is 0. The van der Waals surface area contributed by atoms with Crippen molar-refractivity contribution in [1.29, 1.82) is 0 Å². The Hall–Kier alpha value is -5.86. The minimum absolute atomic E-state index is 1.16. The van der Waals surface area contributed by atoms with E-state index in [9.17, 15) is 0 Å². The van der Waals surface area contributed by atoms with Gasteiger partial charge in [-0.3, -0.25) is 0 Å². The zero-order valence-corrected chi connectivity index (χ0v) is 25.0. The average Bonchev–Trinajstić information content (AvgIpc) is 3.69. The van der Waals surface area contributed by atoms with E-state index in [1.165, 1.54) is 77.0 Å². The Labute approximate surface area is 262 Å². The standard InChI is InChI=1S/C43H30N2/c1-29-12-8-10-18-39(29)44-25-24-32-20-21-36-37(43(32)44)22-23-41-42(36)38-17-9-11-19-40(38)45(41)35-27-33(30-13-4-2-5-14-30)26-34(28-35)31-15-6-3-7-16-31/h2-28H,1H3. The summed E-state index contributed by atoms with van der Waals surface area (Å²) in [5.41, 5.74) is 12.1. The minimum atomic E-state index is 1.16. The summed E-state index contributed by atoms with van der Waals surface area (Å²) in [5.74, 6) is 0. The lowest BCUT2D eigenvalue weighted by molar-refractivity contribution is 1.11. The average molecular weight is 575 g/mol. The van der Waals surface area contributed by atoms with Crippen LogP contribution in [0, 0.1) is 6.92 Å². The molecule has 0 aliphatic heterocycles. The Morgan fingerprint density at radius 1 is 0.444 bits per heavy atom. The molecule has 2 heterocycles. The molecule has 0 amide bonds. The molecule has 212 valence electrons. The second kappa shape index (κ2) is 10.1. The number of nitrogens with zero attached hydrogens (tertiary/aromatic N) is 2. The van der Waals surface area contributed by atoms with Gasteiger partial charge in [-0.2, -0.15) is 0 Å². The Kier molecular flexibility index (Phi) is 5.76. The first-order chi connectivity index (χ1) is 22.2. The van der Waals surface area contributed by atoms with Gasteiger partial charge in [0, 0.05) is 39.1 Å². The second-order valence-electron chi connectivity index (χ2n) is 11.9. The molecule has 0 aliphatic rings. The van der Waals surface area contributed by atoms with Crippen molar-refractivity contribution in [1.82, 2.24) is 9.13 Å². The van der Waals surface area contributed by atoms with Crippen molar-refractivity contribution in [3.8, 4) is 33.6 Å². The van der Waals surface area contributed by atoms with Gasteiger partial charge in [-0.1, -0.05) is 115 Å². The lowest BCUT2D eigenvalue weighted by Gasteiger charge is -2.14. The molecule has 0 saturated carbocycles. The van der Waals surface area contributed by atoms with Crippen molar-refractivity contribution in [2.75, 3.05) is 0 Å². The highest BCUT2D eigenvalue weighted by molar-refractivity contribution is 6.25. The van der Waals surface area contributed by atoms with Gasteiger partial charge in [0.15, 0.2) is 0 Å². The van der Waals surface area contributed by atoms with Gasteiger partial charge in [0.1, 0.15) is 0 Å².